The van der Waals surface area contributed by atoms with Gasteiger partial charge in [0.2, 0.25) is 0 Å². The molecule has 0 amide bonds. The number of nitrogens with zero attached hydrogens (tertiary/aromatic N) is 1. The summed E-state index contributed by atoms with van der Waals surface area (Å²) in [4.78, 5) is 2.41. The van der Waals surface area contributed by atoms with Gasteiger partial charge in [0.15, 0.2) is 0 Å². The highest BCUT2D eigenvalue weighted by molar-refractivity contribution is 4.95. The minimum Gasteiger partial charge on any atom is -0.323 e. The van der Waals surface area contributed by atoms with Crippen molar-refractivity contribution in [2.24, 2.45) is 11.7 Å². The Hall–Kier alpha value is -0.0800. The zero-order valence-corrected chi connectivity index (χ0v) is 7.22. The van der Waals surface area contributed by atoms with Gasteiger partial charge in [-0.3, -0.25) is 4.90 Å². The largest absolute Gasteiger partial charge is 0.323 e. The Morgan fingerprint density at radius 3 is 2.30 bits per heavy atom. The monoisotopic (exact) mass is 142 g/mol. The van der Waals surface area contributed by atoms with E-state index >= 15 is 0 Å². The van der Waals surface area contributed by atoms with Crippen molar-refractivity contribution in [2.75, 3.05) is 19.6 Å². The number of hydrogen-bond donors (Lipinski definition) is 1. The first-order valence-electron chi connectivity index (χ1n) is 4.01. The van der Waals surface area contributed by atoms with Crippen LogP contribution in [0, 0.1) is 5.92 Å². The lowest BCUT2D eigenvalue weighted by atomic mass is 9.93. The first kappa shape index (κ1) is 8.02. The Morgan fingerprint density at radius 2 is 2.00 bits per heavy atom. The standard InChI is InChI=1S/C8H18N2/c1-7(2)4-10-5-8(3,9)6-10/h7H,4-6,9H2,1-3H3. The van der Waals surface area contributed by atoms with Crippen molar-refractivity contribution in [1.82, 2.24) is 4.90 Å². The molecule has 0 bridgehead atoms. The van der Waals surface area contributed by atoms with Crippen molar-refractivity contribution in [3.8, 4) is 0 Å². The summed E-state index contributed by atoms with van der Waals surface area (Å²) in [5.41, 5.74) is 5.95. The van der Waals surface area contributed by atoms with Gasteiger partial charge in [0, 0.05) is 25.2 Å². The molecule has 1 aliphatic heterocycles. The fourth-order valence-corrected chi connectivity index (χ4v) is 1.62. The van der Waals surface area contributed by atoms with Crippen molar-refractivity contribution in [2.45, 2.75) is 26.3 Å². The van der Waals surface area contributed by atoms with E-state index < -0.39 is 0 Å². The van der Waals surface area contributed by atoms with E-state index in [9.17, 15) is 0 Å². The van der Waals surface area contributed by atoms with Gasteiger partial charge in [-0.2, -0.15) is 0 Å². The summed E-state index contributed by atoms with van der Waals surface area (Å²) in [5.74, 6) is 0.774. The molecule has 0 unspecified atom stereocenters. The topological polar surface area (TPSA) is 29.3 Å². The number of hydrogen-bond acceptors (Lipinski definition) is 2. The van der Waals surface area contributed by atoms with Crippen LogP contribution < -0.4 is 5.73 Å². The molecule has 1 heterocycles. The molecule has 0 aromatic heterocycles. The highest BCUT2D eigenvalue weighted by Crippen LogP contribution is 2.17. The van der Waals surface area contributed by atoms with E-state index in [-0.39, 0.29) is 5.54 Å². The van der Waals surface area contributed by atoms with Gasteiger partial charge < -0.3 is 5.73 Å². The molecule has 2 nitrogen and oxygen atoms in total. The fourth-order valence-electron chi connectivity index (χ4n) is 1.62. The lowest BCUT2D eigenvalue weighted by Gasteiger charge is -2.46. The Kier molecular flexibility index (Phi) is 2.02. The number of nitrogens with two attached hydrogens (primary N) is 1. The van der Waals surface area contributed by atoms with Gasteiger partial charge in [-0.25, -0.2) is 0 Å². The van der Waals surface area contributed by atoms with E-state index in [1.165, 1.54) is 6.54 Å². The predicted octanol–water partition coefficient (Wildman–Crippen LogP) is 0.675. The number of likely N-dealkylation sites (tertiary alicyclic amines) is 1. The van der Waals surface area contributed by atoms with Crippen LogP contribution in [-0.4, -0.2) is 30.1 Å². The average molecular weight is 142 g/mol. The minimum absolute atomic E-state index is 0.106. The van der Waals surface area contributed by atoms with Crippen molar-refractivity contribution in [3.05, 3.63) is 0 Å². The molecule has 0 saturated carbocycles. The van der Waals surface area contributed by atoms with Gasteiger partial charge in [-0.1, -0.05) is 13.8 Å². The second kappa shape index (κ2) is 2.51. The maximum Gasteiger partial charge on any atom is 0.0383 e. The molecule has 2 N–H and O–H groups in total. The number of rotatable bonds is 2. The molecule has 2 heteroatoms. The average Bonchev–Trinajstić information content (AvgIpc) is 1.57. The normalized spacial score (nSPS) is 24.9. The quantitative estimate of drug-likeness (QED) is 0.614. The molecule has 1 aliphatic rings. The summed E-state index contributed by atoms with van der Waals surface area (Å²) in [5, 5.41) is 0. The van der Waals surface area contributed by atoms with Crippen LogP contribution in [0.15, 0.2) is 0 Å². The van der Waals surface area contributed by atoms with E-state index in [1.54, 1.807) is 0 Å². The van der Waals surface area contributed by atoms with Gasteiger partial charge in [0.1, 0.15) is 0 Å². The first-order chi connectivity index (χ1) is 4.49. The Labute approximate surface area is 63.4 Å². The molecule has 1 saturated heterocycles. The van der Waals surface area contributed by atoms with Crippen LogP contribution in [0.4, 0.5) is 0 Å². The van der Waals surface area contributed by atoms with Gasteiger partial charge in [0.05, 0.1) is 0 Å². The molecule has 0 aromatic rings. The lowest BCUT2D eigenvalue weighted by molar-refractivity contribution is 0.0721. The third kappa shape index (κ3) is 1.96. The van der Waals surface area contributed by atoms with Gasteiger partial charge in [-0.15, -0.1) is 0 Å². The molecule has 10 heavy (non-hydrogen) atoms. The van der Waals surface area contributed by atoms with Crippen molar-refractivity contribution >= 4 is 0 Å². The van der Waals surface area contributed by atoms with Crippen LogP contribution >= 0.6 is 0 Å². The van der Waals surface area contributed by atoms with Gasteiger partial charge in [0.25, 0.3) is 0 Å². The molecule has 60 valence electrons. The Balaban J connectivity index is 2.15. The van der Waals surface area contributed by atoms with Crippen LogP contribution in [0.5, 0.6) is 0 Å². The van der Waals surface area contributed by atoms with Crippen LogP contribution in [0.1, 0.15) is 20.8 Å². The lowest BCUT2D eigenvalue weighted by Crippen LogP contribution is -2.65. The summed E-state index contributed by atoms with van der Waals surface area (Å²) in [6.45, 7) is 9.95. The summed E-state index contributed by atoms with van der Waals surface area (Å²) in [6, 6.07) is 0. The third-order valence-corrected chi connectivity index (χ3v) is 1.79. The molecular formula is C8H18N2. The smallest absolute Gasteiger partial charge is 0.0383 e. The van der Waals surface area contributed by atoms with E-state index in [4.69, 9.17) is 5.73 Å². The molecular weight excluding hydrogens is 124 g/mol. The minimum atomic E-state index is 0.106. The second-order valence-electron chi connectivity index (χ2n) is 4.22. The van der Waals surface area contributed by atoms with Crippen LogP contribution in [0.25, 0.3) is 0 Å². The summed E-state index contributed by atoms with van der Waals surface area (Å²) < 4.78 is 0. The summed E-state index contributed by atoms with van der Waals surface area (Å²) in [6.07, 6.45) is 0. The van der Waals surface area contributed by atoms with Crippen molar-refractivity contribution < 1.29 is 0 Å². The molecule has 1 fully saturated rings. The van der Waals surface area contributed by atoms with Gasteiger partial charge >= 0.3 is 0 Å². The van der Waals surface area contributed by atoms with E-state index in [0.29, 0.717) is 0 Å². The highest BCUT2D eigenvalue weighted by Gasteiger charge is 2.34. The van der Waals surface area contributed by atoms with E-state index in [2.05, 4.69) is 25.7 Å². The van der Waals surface area contributed by atoms with E-state index in [1.807, 2.05) is 0 Å². The van der Waals surface area contributed by atoms with Crippen molar-refractivity contribution in [3.63, 3.8) is 0 Å². The van der Waals surface area contributed by atoms with Crippen LogP contribution in [-0.2, 0) is 0 Å². The summed E-state index contributed by atoms with van der Waals surface area (Å²) >= 11 is 0. The SMILES string of the molecule is CC(C)CN1CC(C)(N)C1. The Morgan fingerprint density at radius 1 is 1.50 bits per heavy atom. The first-order valence-corrected chi connectivity index (χ1v) is 4.01. The molecule has 1 rings (SSSR count). The third-order valence-electron chi connectivity index (χ3n) is 1.79. The molecule has 0 aliphatic carbocycles. The zero-order valence-electron chi connectivity index (χ0n) is 7.22. The molecule has 0 radical (unpaired) electrons. The molecule has 0 spiro atoms. The summed E-state index contributed by atoms with van der Waals surface area (Å²) in [7, 11) is 0. The predicted molar refractivity (Wildman–Crippen MR) is 43.9 cm³/mol. The molecule has 0 aromatic carbocycles. The van der Waals surface area contributed by atoms with Crippen LogP contribution in [0.2, 0.25) is 0 Å². The maximum atomic E-state index is 5.85. The van der Waals surface area contributed by atoms with Gasteiger partial charge in [-0.05, 0) is 12.8 Å². The maximum absolute atomic E-state index is 5.85. The van der Waals surface area contributed by atoms with Crippen LogP contribution in [0.3, 0.4) is 0 Å². The highest BCUT2D eigenvalue weighted by atomic mass is 15.2. The van der Waals surface area contributed by atoms with E-state index in [0.717, 1.165) is 19.0 Å². The second-order valence-corrected chi connectivity index (χ2v) is 4.22. The molecule has 0 atom stereocenters. The Bertz CT molecular complexity index is 108. The fraction of sp³-hybridized carbons (Fsp3) is 1.00. The zero-order chi connectivity index (χ0) is 7.78. The van der Waals surface area contributed by atoms with Crippen molar-refractivity contribution in [1.29, 1.82) is 0 Å².